The number of para-hydroxylation sites is 1. The molecule has 0 aliphatic heterocycles. The van der Waals surface area contributed by atoms with Crippen LogP contribution in [-0.2, 0) is 0 Å². The summed E-state index contributed by atoms with van der Waals surface area (Å²) in [6, 6.07) is 7.63. The molecule has 4 N–H and O–H groups in total. The Labute approximate surface area is 63.6 Å². The normalized spacial score (nSPS) is 9.45. The van der Waals surface area contributed by atoms with Crippen molar-refractivity contribution in [3.63, 3.8) is 0 Å². The third-order valence-electron chi connectivity index (χ3n) is 1.57. The maximum atomic E-state index is 9.18. The van der Waals surface area contributed by atoms with E-state index in [1.807, 2.05) is 24.3 Å². The van der Waals surface area contributed by atoms with Gasteiger partial charge in [0.15, 0.2) is 0 Å². The van der Waals surface area contributed by atoms with E-state index in [9.17, 15) is 5.11 Å². The molecular weight excluding hydrogens is 142 g/mol. The van der Waals surface area contributed by atoms with E-state index in [0.717, 1.165) is 10.9 Å². The maximum absolute atomic E-state index is 9.18. The molecule has 0 aliphatic rings. The smallest absolute Gasteiger partial charge is 0.140 e. The Kier molecular flexibility index (Phi) is 1.83. The van der Waals surface area contributed by atoms with Crippen LogP contribution in [-0.4, -0.2) is 15.6 Å². The highest BCUT2D eigenvalue weighted by atomic mass is 16.3. The topological polar surface area (TPSA) is 67.5 Å². The van der Waals surface area contributed by atoms with Crippen LogP contribution in [0.1, 0.15) is 0 Å². The molecule has 0 amide bonds. The fraction of sp³-hybridized carbons (Fsp3) is 0. The lowest BCUT2D eigenvalue weighted by molar-refractivity contribution is 0.481. The first kappa shape index (κ1) is 7.63. The number of nitrogens with one attached hydrogen (secondary N) is 1. The molecule has 3 heteroatoms. The lowest BCUT2D eigenvalue weighted by Gasteiger charge is -1.86. The average Bonchev–Trinajstić information content (AvgIpc) is 2.34. The molecule has 0 fully saturated rings. The minimum Gasteiger partial charge on any atom is -0.506 e. The Balaban J connectivity index is 0.000000605. The number of aromatic amines is 1. The molecule has 0 spiro atoms. The Hall–Kier alpha value is -1.48. The lowest BCUT2D eigenvalue weighted by Crippen LogP contribution is -1.62. The van der Waals surface area contributed by atoms with Crippen LogP contribution in [0.4, 0.5) is 0 Å². The molecule has 0 unspecified atom stereocenters. The van der Waals surface area contributed by atoms with E-state index < -0.39 is 0 Å². The van der Waals surface area contributed by atoms with Crippen LogP contribution < -0.4 is 0 Å². The minimum atomic E-state index is 0. The molecule has 0 aliphatic carbocycles. The van der Waals surface area contributed by atoms with Crippen molar-refractivity contribution in [2.75, 3.05) is 0 Å². The SMILES string of the molecule is O.Oc1c[nH]c2ccccc12. The predicted molar refractivity (Wildman–Crippen MR) is 43.6 cm³/mol. The second-order valence-corrected chi connectivity index (χ2v) is 2.22. The molecule has 2 aromatic rings. The van der Waals surface area contributed by atoms with E-state index >= 15 is 0 Å². The number of hydrogen-bond donors (Lipinski definition) is 2. The van der Waals surface area contributed by atoms with Gasteiger partial charge in [-0.1, -0.05) is 12.1 Å². The van der Waals surface area contributed by atoms with Crippen LogP contribution in [0.25, 0.3) is 10.9 Å². The maximum Gasteiger partial charge on any atom is 0.140 e. The van der Waals surface area contributed by atoms with Gasteiger partial charge in [-0.2, -0.15) is 0 Å². The average molecular weight is 151 g/mol. The van der Waals surface area contributed by atoms with Crippen molar-refractivity contribution < 1.29 is 10.6 Å². The molecule has 58 valence electrons. The largest absolute Gasteiger partial charge is 0.506 e. The fourth-order valence-electron chi connectivity index (χ4n) is 1.06. The van der Waals surface area contributed by atoms with Gasteiger partial charge in [-0.3, -0.25) is 0 Å². The van der Waals surface area contributed by atoms with E-state index in [4.69, 9.17) is 0 Å². The van der Waals surface area contributed by atoms with Gasteiger partial charge in [0.1, 0.15) is 5.75 Å². The van der Waals surface area contributed by atoms with Crippen molar-refractivity contribution in [3.8, 4) is 5.75 Å². The van der Waals surface area contributed by atoms with Gasteiger partial charge >= 0.3 is 0 Å². The van der Waals surface area contributed by atoms with Crippen molar-refractivity contribution in [3.05, 3.63) is 30.5 Å². The summed E-state index contributed by atoms with van der Waals surface area (Å²) < 4.78 is 0. The first-order valence-electron chi connectivity index (χ1n) is 3.13. The number of rotatable bonds is 0. The predicted octanol–water partition coefficient (Wildman–Crippen LogP) is 1.05. The molecule has 0 bridgehead atoms. The van der Waals surface area contributed by atoms with Crippen molar-refractivity contribution in [2.24, 2.45) is 0 Å². The summed E-state index contributed by atoms with van der Waals surface area (Å²) in [5.74, 6) is 0.315. The third-order valence-corrected chi connectivity index (χ3v) is 1.57. The molecule has 3 nitrogen and oxygen atoms in total. The van der Waals surface area contributed by atoms with E-state index in [2.05, 4.69) is 4.98 Å². The van der Waals surface area contributed by atoms with E-state index in [1.165, 1.54) is 0 Å². The third kappa shape index (κ3) is 1.06. The van der Waals surface area contributed by atoms with Crippen LogP contribution in [0.15, 0.2) is 30.5 Å². The number of aromatic hydroxyl groups is 1. The van der Waals surface area contributed by atoms with Gasteiger partial charge < -0.3 is 15.6 Å². The quantitative estimate of drug-likeness (QED) is 0.580. The van der Waals surface area contributed by atoms with Gasteiger partial charge in [0.25, 0.3) is 0 Å². The van der Waals surface area contributed by atoms with Crippen molar-refractivity contribution in [2.45, 2.75) is 0 Å². The van der Waals surface area contributed by atoms with E-state index in [0.29, 0.717) is 5.75 Å². The van der Waals surface area contributed by atoms with Crippen molar-refractivity contribution >= 4 is 10.9 Å². The minimum absolute atomic E-state index is 0. The summed E-state index contributed by atoms with van der Waals surface area (Å²) >= 11 is 0. The van der Waals surface area contributed by atoms with Gasteiger partial charge in [-0.05, 0) is 12.1 Å². The standard InChI is InChI=1S/C8H7NO.H2O/c10-8-5-9-7-4-2-1-3-6(7)8;/h1-5,9-10H;1H2. The molecular formula is C8H9NO2. The fourth-order valence-corrected chi connectivity index (χ4v) is 1.06. The Morgan fingerprint density at radius 1 is 1.18 bits per heavy atom. The van der Waals surface area contributed by atoms with E-state index in [1.54, 1.807) is 6.20 Å². The molecule has 0 saturated heterocycles. The van der Waals surface area contributed by atoms with Crippen LogP contribution in [0.2, 0.25) is 0 Å². The zero-order valence-electron chi connectivity index (χ0n) is 5.83. The van der Waals surface area contributed by atoms with Gasteiger partial charge in [0, 0.05) is 17.1 Å². The van der Waals surface area contributed by atoms with Crippen LogP contribution in [0, 0.1) is 0 Å². The number of hydrogen-bond acceptors (Lipinski definition) is 1. The molecule has 1 aromatic carbocycles. The van der Waals surface area contributed by atoms with Crippen LogP contribution in [0.5, 0.6) is 5.75 Å². The second-order valence-electron chi connectivity index (χ2n) is 2.22. The molecule has 0 atom stereocenters. The Morgan fingerprint density at radius 2 is 1.91 bits per heavy atom. The van der Waals surface area contributed by atoms with Gasteiger partial charge in [0.2, 0.25) is 0 Å². The van der Waals surface area contributed by atoms with Gasteiger partial charge in [0.05, 0.1) is 0 Å². The highest BCUT2D eigenvalue weighted by molar-refractivity contribution is 5.85. The monoisotopic (exact) mass is 151 g/mol. The van der Waals surface area contributed by atoms with Crippen molar-refractivity contribution in [1.82, 2.24) is 4.98 Å². The first-order valence-corrected chi connectivity index (χ1v) is 3.13. The van der Waals surface area contributed by atoms with Gasteiger partial charge in [-0.15, -0.1) is 0 Å². The van der Waals surface area contributed by atoms with E-state index in [-0.39, 0.29) is 5.48 Å². The molecule has 11 heavy (non-hydrogen) atoms. The summed E-state index contributed by atoms with van der Waals surface area (Å²) in [6.45, 7) is 0. The second kappa shape index (κ2) is 2.64. The zero-order valence-corrected chi connectivity index (χ0v) is 5.83. The summed E-state index contributed by atoms with van der Waals surface area (Å²) in [4.78, 5) is 2.94. The molecule has 1 heterocycles. The number of H-pyrrole nitrogens is 1. The summed E-state index contributed by atoms with van der Waals surface area (Å²) in [5, 5.41) is 10.1. The Morgan fingerprint density at radius 3 is 2.64 bits per heavy atom. The molecule has 0 radical (unpaired) electrons. The summed E-state index contributed by atoms with van der Waals surface area (Å²) in [7, 11) is 0. The molecule has 1 aromatic heterocycles. The highest BCUT2D eigenvalue weighted by Crippen LogP contribution is 2.22. The van der Waals surface area contributed by atoms with Crippen molar-refractivity contribution in [1.29, 1.82) is 0 Å². The number of aromatic nitrogens is 1. The number of fused-ring (bicyclic) bond motifs is 1. The molecule has 0 saturated carbocycles. The zero-order chi connectivity index (χ0) is 6.97. The first-order chi connectivity index (χ1) is 4.88. The summed E-state index contributed by atoms with van der Waals surface area (Å²) in [5.41, 5.74) is 0.972. The van der Waals surface area contributed by atoms with Crippen LogP contribution in [0.3, 0.4) is 0 Å². The number of benzene rings is 1. The summed E-state index contributed by atoms with van der Waals surface area (Å²) in [6.07, 6.45) is 1.59. The Bertz CT molecular complexity index is 354. The lowest BCUT2D eigenvalue weighted by atomic mass is 10.2. The van der Waals surface area contributed by atoms with Gasteiger partial charge in [-0.25, -0.2) is 0 Å². The molecule has 2 rings (SSSR count). The van der Waals surface area contributed by atoms with Crippen LogP contribution >= 0.6 is 0 Å². The highest BCUT2D eigenvalue weighted by Gasteiger charge is 1.97.